The van der Waals surface area contributed by atoms with Crippen LogP contribution in [-0.2, 0) is 0 Å². The van der Waals surface area contributed by atoms with Crippen LogP contribution < -0.4 is 4.90 Å². The van der Waals surface area contributed by atoms with Crippen molar-refractivity contribution in [3.8, 4) is 6.07 Å². The molecule has 4 heteroatoms. The Labute approximate surface area is 132 Å². The van der Waals surface area contributed by atoms with E-state index in [1.165, 1.54) is 32.4 Å². The number of fused-ring (bicyclic) bond motifs is 1. The van der Waals surface area contributed by atoms with Gasteiger partial charge in [0.05, 0.1) is 5.56 Å². The molecule has 0 radical (unpaired) electrons. The molecule has 2 unspecified atom stereocenters. The van der Waals surface area contributed by atoms with Gasteiger partial charge in [-0.1, -0.05) is 6.42 Å². The Morgan fingerprint density at radius 2 is 1.82 bits per heavy atom. The normalized spacial score (nSPS) is 28.5. The second-order valence-electron chi connectivity index (χ2n) is 7.35. The predicted molar refractivity (Wildman–Crippen MR) is 86.8 cm³/mol. The molecule has 0 aromatic carbocycles. The number of hydrogen-bond acceptors (Lipinski definition) is 4. The smallest absolute Gasteiger partial charge is 0.147 e. The third-order valence-corrected chi connectivity index (χ3v) is 5.87. The van der Waals surface area contributed by atoms with Gasteiger partial charge >= 0.3 is 0 Å². The van der Waals surface area contributed by atoms with Gasteiger partial charge in [0.25, 0.3) is 0 Å². The van der Waals surface area contributed by atoms with E-state index in [9.17, 15) is 5.26 Å². The van der Waals surface area contributed by atoms with Crippen LogP contribution in [0, 0.1) is 37.0 Å². The molecule has 3 heterocycles. The zero-order chi connectivity index (χ0) is 15.3. The zero-order valence-corrected chi connectivity index (χ0v) is 13.5. The van der Waals surface area contributed by atoms with Gasteiger partial charge in [0.1, 0.15) is 11.9 Å². The van der Waals surface area contributed by atoms with Crippen molar-refractivity contribution in [3.63, 3.8) is 0 Å². The van der Waals surface area contributed by atoms with Crippen molar-refractivity contribution < 1.29 is 0 Å². The molecule has 0 spiro atoms. The minimum atomic E-state index is 0.666. The first-order chi connectivity index (χ1) is 10.7. The van der Waals surface area contributed by atoms with E-state index < -0.39 is 0 Å². The molecule has 2 saturated heterocycles. The molecule has 0 bridgehead atoms. The Kier molecular flexibility index (Phi) is 3.34. The number of rotatable bonds is 2. The van der Waals surface area contributed by atoms with E-state index in [4.69, 9.17) is 0 Å². The molecule has 2 aliphatic heterocycles. The Hall–Kier alpha value is -1.60. The van der Waals surface area contributed by atoms with Crippen LogP contribution in [0.15, 0.2) is 6.07 Å². The first kappa shape index (κ1) is 14.0. The van der Waals surface area contributed by atoms with Gasteiger partial charge in [-0.15, -0.1) is 0 Å². The standard InChI is InChI=1S/C18H24N4/c1-12-6-13(2)20-18(17(12)7-19)22-10-16(11-22)21-8-14-4-3-5-15(14)9-21/h6,14-16H,3-5,8-11H2,1-2H3. The van der Waals surface area contributed by atoms with Crippen LogP contribution in [0.1, 0.15) is 36.1 Å². The predicted octanol–water partition coefficient (Wildman–Crippen LogP) is 2.49. The lowest BCUT2D eigenvalue weighted by Gasteiger charge is -2.45. The lowest BCUT2D eigenvalue weighted by Crippen LogP contribution is -2.59. The average Bonchev–Trinajstić information content (AvgIpc) is 2.97. The van der Waals surface area contributed by atoms with Crippen LogP contribution in [-0.4, -0.2) is 42.1 Å². The van der Waals surface area contributed by atoms with Gasteiger partial charge in [-0.25, -0.2) is 4.98 Å². The van der Waals surface area contributed by atoms with E-state index in [0.29, 0.717) is 6.04 Å². The molecule has 2 atom stereocenters. The topological polar surface area (TPSA) is 43.2 Å². The van der Waals surface area contributed by atoms with Crippen molar-refractivity contribution in [2.75, 3.05) is 31.1 Å². The van der Waals surface area contributed by atoms with Gasteiger partial charge < -0.3 is 4.90 Å². The number of hydrogen-bond donors (Lipinski definition) is 0. The molecule has 0 N–H and O–H groups in total. The first-order valence-corrected chi connectivity index (χ1v) is 8.53. The molecule has 3 fully saturated rings. The highest BCUT2D eigenvalue weighted by Gasteiger charge is 2.42. The van der Waals surface area contributed by atoms with E-state index in [1.54, 1.807) is 0 Å². The highest BCUT2D eigenvalue weighted by Crippen LogP contribution is 2.40. The number of aryl methyl sites for hydroxylation is 2. The molecule has 4 nitrogen and oxygen atoms in total. The van der Waals surface area contributed by atoms with Gasteiger partial charge in [-0.2, -0.15) is 5.26 Å². The van der Waals surface area contributed by atoms with Crippen molar-refractivity contribution in [1.29, 1.82) is 5.26 Å². The second-order valence-corrected chi connectivity index (χ2v) is 7.35. The molecule has 1 aromatic heterocycles. The largest absolute Gasteiger partial charge is 0.352 e. The average molecular weight is 296 g/mol. The third kappa shape index (κ3) is 2.19. The zero-order valence-electron chi connectivity index (χ0n) is 13.5. The molecular weight excluding hydrogens is 272 g/mol. The van der Waals surface area contributed by atoms with Gasteiger partial charge in [0.15, 0.2) is 0 Å². The molecule has 1 aromatic rings. The van der Waals surface area contributed by atoms with Crippen LogP contribution in [0.25, 0.3) is 0 Å². The summed E-state index contributed by atoms with van der Waals surface area (Å²) in [6.07, 6.45) is 4.32. The molecule has 0 amide bonds. The van der Waals surface area contributed by atoms with E-state index in [1.807, 2.05) is 19.9 Å². The first-order valence-electron chi connectivity index (χ1n) is 8.53. The number of nitrogens with zero attached hydrogens (tertiary/aromatic N) is 4. The van der Waals surface area contributed by atoms with Crippen molar-refractivity contribution in [2.45, 2.75) is 39.2 Å². The fourth-order valence-corrected chi connectivity index (χ4v) is 4.61. The highest BCUT2D eigenvalue weighted by molar-refractivity contribution is 5.59. The van der Waals surface area contributed by atoms with Gasteiger partial charge in [-0.05, 0) is 50.2 Å². The van der Waals surface area contributed by atoms with Crippen LogP contribution in [0.5, 0.6) is 0 Å². The van der Waals surface area contributed by atoms with Crippen LogP contribution in [0.4, 0.5) is 5.82 Å². The number of pyridine rings is 1. The molecule has 3 aliphatic rings. The summed E-state index contributed by atoms with van der Waals surface area (Å²) in [4.78, 5) is 9.61. The maximum atomic E-state index is 9.42. The highest BCUT2D eigenvalue weighted by atomic mass is 15.3. The summed E-state index contributed by atoms with van der Waals surface area (Å²) in [5.74, 6) is 2.82. The quantitative estimate of drug-likeness (QED) is 0.841. The summed E-state index contributed by atoms with van der Waals surface area (Å²) in [6, 6.07) is 5.01. The molecule has 116 valence electrons. The van der Waals surface area contributed by atoms with E-state index in [-0.39, 0.29) is 0 Å². The lowest BCUT2D eigenvalue weighted by molar-refractivity contribution is 0.190. The summed E-state index contributed by atoms with van der Waals surface area (Å²) in [6.45, 7) is 8.68. The number of aromatic nitrogens is 1. The van der Waals surface area contributed by atoms with E-state index in [2.05, 4.69) is 20.9 Å². The van der Waals surface area contributed by atoms with Gasteiger partial charge in [0.2, 0.25) is 0 Å². The monoisotopic (exact) mass is 296 g/mol. The van der Waals surface area contributed by atoms with Crippen molar-refractivity contribution in [2.24, 2.45) is 11.8 Å². The number of nitriles is 1. The Morgan fingerprint density at radius 1 is 1.14 bits per heavy atom. The maximum absolute atomic E-state index is 9.42. The summed E-state index contributed by atoms with van der Waals surface area (Å²) in [7, 11) is 0. The van der Waals surface area contributed by atoms with Gasteiger partial charge in [0, 0.05) is 37.9 Å². The fraction of sp³-hybridized carbons (Fsp3) is 0.667. The Bertz CT molecular complexity index is 615. The fourth-order valence-electron chi connectivity index (χ4n) is 4.61. The van der Waals surface area contributed by atoms with Crippen molar-refractivity contribution in [1.82, 2.24) is 9.88 Å². The molecule has 1 aliphatic carbocycles. The Morgan fingerprint density at radius 3 is 2.45 bits per heavy atom. The van der Waals surface area contributed by atoms with E-state index >= 15 is 0 Å². The number of anilines is 1. The summed E-state index contributed by atoms with van der Waals surface area (Å²) in [5.41, 5.74) is 2.80. The summed E-state index contributed by atoms with van der Waals surface area (Å²) in [5, 5.41) is 9.42. The molecule has 4 rings (SSSR count). The molecule has 1 saturated carbocycles. The molecule has 22 heavy (non-hydrogen) atoms. The van der Waals surface area contributed by atoms with Gasteiger partial charge in [-0.3, -0.25) is 4.90 Å². The van der Waals surface area contributed by atoms with Crippen molar-refractivity contribution in [3.05, 3.63) is 22.9 Å². The second kappa shape index (κ2) is 5.24. The SMILES string of the molecule is Cc1cc(C)c(C#N)c(N2CC(N3CC4CCCC4C3)C2)n1. The number of likely N-dealkylation sites (tertiary alicyclic amines) is 1. The minimum Gasteiger partial charge on any atom is -0.352 e. The Balaban J connectivity index is 1.45. The summed E-state index contributed by atoms with van der Waals surface area (Å²) < 4.78 is 0. The maximum Gasteiger partial charge on any atom is 0.147 e. The lowest BCUT2D eigenvalue weighted by atomic mass is 10.0. The molecular formula is C18H24N4. The van der Waals surface area contributed by atoms with Crippen LogP contribution >= 0.6 is 0 Å². The third-order valence-electron chi connectivity index (χ3n) is 5.87. The van der Waals surface area contributed by atoms with Crippen LogP contribution in [0.3, 0.4) is 0 Å². The minimum absolute atomic E-state index is 0.666. The van der Waals surface area contributed by atoms with Crippen molar-refractivity contribution >= 4 is 5.82 Å². The summed E-state index contributed by atoms with van der Waals surface area (Å²) >= 11 is 0. The van der Waals surface area contributed by atoms with Crippen LogP contribution in [0.2, 0.25) is 0 Å². The van der Waals surface area contributed by atoms with E-state index in [0.717, 1.165) is 47.6 Å².